The summed E-state index contributed by atoms with van der Waals surface area (Å²) in [4.78, 5) is 27.8. The number of nitrogens with zero attached hydrogens (tertiary/aromatic N) is 2. The summed E-state index contributed by atoms with van der Waals surface area (Å²) in [6, 6.07) is 1.48. The summed E-state index contributed by atoms with van der Waals surface area (Å²) in [5.41, 5.74) is -2.93. The number of carboxylic acid groups (broad SMARTS) is 1. The SMILES string of the molecule is CCCCCOc1cc2c(nc1C(F)F)-c1c(F)c(=O)c(C(=O)O)cn1C1(CCC1)C2. The lowest BCUT2D eigenvalue weighted by molar-refractivity contribution is 0.0690. The van der Waals surface area contributed by atoms with Gasteiger partial charge in [0.15, 0.2) is 5.82 Å². The highest BCUT2D eigenvalue weighted by Gasteiger charge is 2.46. The van der Waals surface area contributed by atoms with E-state index in [0.717, 1.165) is 25.5 Å². The van der Waals surface area contributed by atoms with Gasteiger partial charge in [-0.3, -0.25) is 4.79 Å². The van der Waals surface area contributed by atoms with E-state index in [4.69, 9.17) is 4.74 Å². The number of hydrogen-bond donors (Lipinski definition) is 1. The zero-order chi connectivity index (χ0) is 22.3. The Morgan fingerprint density at radius 1 is 1.35 bits per heavy atom. The second kappa shape index (κ2) is 8.01. The van der Waals surface area contributed by atoms with E-state index in [-0.39, 0.29) is 23.7 Å². The Balaban J connectivity index is 1.89. The van der Waals surface area contributed by atoms with E-state index >= 15 is 4.39 Å². The highest BCUT2D eigenvalue weighted by molar-refractivity contribution is 5.87. The molecule has 0 aromatic carbocycles. The summed E-state index contributed by atoms with van der Waals surface area (Å²) in [5.74, 6) is -2.84. The fourth-order valence-corrected chi connectivity index (χ4v) is 4.46. The summed E-state index contributed by atoms with van der Waals surface area (Å²) >= 11 is 0. The number of unbranched alkanes of at least 4 members (excludes halogenated alkanes) is 2. The van der Waals surface area contributed by atoms with Gasteiger partial charge in [-0.05, 0) is 43.7 Å². The lowest BCUT2D eigenvalue weighted by atomic mass is 9.70. The van der Waals surface area contributed by atoms with Gasteiger partial charge >= 0.3 is 5.97 Å². The van der Waals surface area contributed by atoms with Crippen molar-refractivity contribution in [2.75, 3.05) is 6.61 Å². The second-order valence-corrected chi connectivity index (χ2v) is 8.20. The molecule has 2 aromatic rings. The summed E-state index contributed by atoms with van der Waals surface area (Å²) in [7, 11) is 0. The first kappa shape index (κ1) is 21.4. The molecule has 1 aliphatic heterocycles. The van der Waals surface area contributed by atoms with Crippen molar-refractivity contribution in [1.82, 2.24) is 9.55 Å². The molecule has 0 unspecified atom stereocenters. The number of aromatic carboxylic acids is 1. The van der Waals surface area contributed by atoms with Crippen LogP contribution in [0.25, 0.3) is 11.4 Å². The molecule has 1 saturated carbocycles. The molecule has 1 aliphatic carbocycles. The molecule has 166 valence electrons. The van der Waals surface area contributed by atoms with E-state index in [2.05, 4.69) is 4.98 Å². The van der Waals surface area contributed by atoms with Crippen LogP contribution in [0, 0.1) is 5.82 Å². The molecule has 4 rings (SSSR count). The second-order valence-electron chi connectivity index (χ2n) is 8.20. The molecule has 6 nitrogen and oxygen atoms in total. The van der Waals surface area contributed by atoms with Crippen molar-refractivity contribution in [2.45, 2.75) is 63.8 Å². The van der Waals surface area contributed by atoms with Crippen LogP contribution < -0.4 is 10.2 Å². The molecule has 1 spiro atoms. The quantitative estimate of drug-likeness (QED) is 0.637. The van der Waals surface area contributed by atoms with Gasteiger partial charge in [-0.2, -0.15) is 0 Å². The Bertz CT molecular complexity index is 1090. The Morgan fingerprint density at radius 2 is 2.10 bits per heavy atom. The molecular weight excluding hydrogens is 413 g/mol. The summed E-state index contributed by atoms with van der Waals surface area (Å²) in [5, 5.41) is 9.31. The average molecular weight is 436 g/mol. The molecule has 0 saturated heterocycles. The first-order valence-electron chi connectivity index (χ1n) is 10.4. The molecule has 9 heteroatoms. The molecule has 0 radical (unpaired) electrons. The third-order valence-electron chi connectivity index (χ3n) is 6.23. The van der Waals surface area contributed by atoms with Gasteiger partial charge in [0.2, 0.25) is 5.43 Å². The number of ether oxygens (including phenoxy) is 1. The van der Waals surface area contributed by atoms with Gasteiger partial charge in [-0.25, -0.2) is 22.9 Å². The normalized spacial score (nSPS) is 16.0. The Kier molecular flexibility index (Phi) is 5.53. The zero-order valence-corrected chi connectivity index (χ0v) is 17.1. The van der Waals surface area contributed by atoms with Crippen LogP contribution in [0.5, 0.6) is 5.75 Å². The van der Waals surface area contributed by atoms with Gasteiger partial charge in [0, 0.05) is 11.7 Å². The molecule has 1 fully saturated rings. The van der Waals surface area contributed by atoms with Crippen molar-refractivity contribution in [2.24, 2.45) is 0 Å². The van der Waals surface area contributed by atoms with Gasteiger partial charge in [0.05, 0.1) is 12.3 Å². The van der Waals surface area contributed by atoms with Crippen LogP contribution in [0.2, 0.25) is 0 Å². The maximum atomic E-state index is 15.2. The minimum absolute atomic E-state index is 0.0299. The predicted molar refractivity (Wildman–Crippen MR) is 106 cm³/mol. The van der Waals surface area contributed by atoms with E-state index in [9.17, 15) is 23.5 Å². The van der Waals surface area contributed by atoms with Crippen molar-refractivity contribution in [3.05, 3.63) is 45.1 Å². The first-order chi connectivity index (χ1) is 14.8. The van der Waals surface area contributed by atoms with E-state index < -0.39 is 40.4 Å². The van der Waals surface area contributed by atoms with E-state index in [0.29, 0.717) is 31.2 Å². The van der Waals surface area contributed by atoms with Gasteiger partial charge in [-0.15, -0.1) is 0 Å². The summed E-state index contributed by atoms with van der Waals surface area (Å²) in [6.45, 7) is 2.29. The van der Waals surface area contributed by atoms with Crippen LogP contribution >= 0.6 is 0 Å². The predicted octanol–water partition coefficient (Wildman–Crippen LogP) is 4.69. The van der Waals surface area contributed by atoms with Crippen molar-refractivity contribution < 1.29 is 27.8 Å². The van der Waals surface area contributed by atoms with Crippen molar-refractivity contribution in [3.63, 3.8) is 0 Å². The Morgan fingerprint density at radius 3 is 2.68 bits per heavy atom. The van der Waals surface area contributed by atoms with Crippen molar-refractivity contribution in [3.8, 4) is 17.1 Å². The topological polar surface area (TPSA) is 81.4 Å². The smallest absolute Gasteiger partial charge is 0.341 e. The molecule has 0 atom stereocenters. The van der Waals surface area contributed by atoms with Gasteiger partial charge in [-0.1, -0.05) is 19.8 Å². The van der Waals surface area contributed by atoms with Crippen molar-refractivity contribution >= 4 is 5.97 Å². The number of carboxylic acids is 1. The number of pyridine rings is 2. The van der Waals surface area contributed by atoms with E-state index in [1.807, 2.05) is 6.92 Å². The third-order valence-corrected chi connectivity index (χ3v) is 6.23. The lowest BCUT2D eigenvalue weighted by Gasteiger charge is -2.48. The monoisotopic (exact) mass is 436 g/mol. The minimum atomic E-state index is -2.95. The molecule has 2 aromatic heterocycles. The molecule has 31 heavy (non-hydrogen) atoms. The number of rotatable bonds is 7. The van der Waals surface area contributed by atoms with Crippen LogP contribution in [0.4, 0.5) is 13.2 Å². The molecule has 0 amide bonds. The number of hydrogen-bond acceptors (Lipinski definition) is 4. The van der Waals surface area contributed by atoms with E-state index in [1.54, 1.807) is 0 Å². The Labute approximate surface area is 176 Å². The lowest BCUT2D eigenvalue weighted by Crippen LogP contribution is -2.47. The summed E-state index contributed by atoms with van der Waals surface area (Å²) < 4.78 is 49.7. The largest absolute Gasteiger partial charge is 0.491 e. The van der Waals surface area contributed by atoms with E-state index in [1.165, 1.54) is 10.6 Å². The number of alkyl halides is 2. The fraction of sp³-hybridized carbons (Fsp3) is 0.500. The molecule has 0 bridgehead atoms. The molecular formula is C22H23F3N2O4. The summed E-state index contributed by atoms with van der Waals surface area (Å²) in [6.07, 6.45) is 3.29. The van der Waals surface area contributed by atoms with Crippen molar-refractivity contribution in [1.29, 1.82) is 0 Å². The van der Waals surface area contributed by atoms with Crippen LogP contribution in [0.1, 0.15) is 73.5 Å². The van der Waals surface area contributed by atoms with Gasteiger partial charge in [0.1, 0.15) is 22.7 Å². The Hall–Kier alpha value is -2.84. The number of carbonyl (C=O) groups is 1. The first-order valence-corrected chi connectivity index (χ1v) is 10.4. The standard InChI is InChI=1S/C22H23F3N2O4/c1-2-3-4-8-31-14-9-12-10-22(6-5-7-22)27-11-13(21(29)30)19(28)15(23)18(27)16(12)26-17(14)20(24)25/h9,11,20H,2-8,10H2,1H3,(H,29,30). The van der Waals surface area contributed by atoms with Crippen LogP contribution in [-0.4, -0.2) is 27.2 Å². The maximum absolute atomic E-state index is 15.2. The van der Waals surface area contributed by atoms with Crippen LogP contribution in [0.15, 0.2) is 17.1 Å². The third kappa shape index (κ3) is 3.49. The fourth-order valence-electron chi connectivity index (χ4n) is 4.46. The molecule has 2 aliphatic rings. The van der Waals surface area contributed by atoms with Crippen LogP contribution in [-0.2, 0) is 12.0 Å². The number of halogens is 3. The van der Waals surface area contributed by atoms with Gasteiger partial charge in [0.25, 0.3) is 6.43 Å². The number of aromatic nitrogens is 2. The highest BCUT2D eigenvalue weighted by atomic mass is 19.3. The molecule has 3 heterocycles. The maximum Gasteiger partial charge on any atom is 0.341 e. The highest BCUT2D eigenvalue weighted by Crippen LogP contribution is 2.50. The minimum Gasteiger partial charge on any atom is -0.491 e. The van der Waals surface area contributed by atoms with Gasteiger partial charge < -0.3 is 14.4 Å². The molecule has 1 N–H and O–H groups in total. The zero-order valence-electron chi connectivity index (χ0n) is 17.1. The number of fused-ring (bicyclic) bond motifs is 4. The average Bonchev–Trinajstić information content (AvgIpc) is 2.70. The van der Waals surface area contributed by atoms with Crippen LogP contribution in [0.3, 0.4) is 0 Å².